The van der Waals surface area contributed by atoms with Crippen LogP contribution in [0.4, 0.5) is 0 Å². The van der Waals surface area contributed by atoms with Crippen LogP contribution in [0, 0.1) is 0 Å². The topological polar surface area (TPSA) is 62.8 Å². The molecule has 6 heteroatoms. The van der Waals surface area contributed by atoms with E-state index in [1.807, 2.05) is 10.8 Å². The van der Waals surface area contributed by atoms with Gasteiger partial charge in [-0.2, -0.15) is 11.3 Å². The number of nitrogens with zero attached hydrogens (tertiary/aromatic N) is 1. The summed E-state index contributed by atoms with van der Waals surface area (Å²) in [6.07, 6.45) is 2.93. The number of imidazole rings is 1. The highest BCUT2D eigenvalue weighted by Crippen LogP contribution is 2.14. The Kier molecular flexibility index (Phi) is 2.39. The molecule has 0 spiro atoms. The highest BCUT2D eigenvalue weighted by molar-refractivity contribution is 7.90. The van der Waals surface area contributed by atoms with Gasteiger partial charge in [-0.25, -0.2) is 13.4 Å². The number of aromatic amines is 1. The molecule has 0 bridgehead atoms. The first-order valence-electron chi connectivity index (χ1n) is 3.92. The van der Waals surface area contributed by atoms with E-state index in [9.17, 15) is 8.42 Å². The summed E-state index contributed by atoms with van der Waals surface area (Å²) >= 11 is 1.48. The monoisotopic (exact) mass is 228 g/mol. The van der Waals surface area contributed by atoms with Crippen LogP contribution in [0.15, 0.2) is 34.4 Å². The molecule has 0 saturated heterocycles. The number of nitrogens with one attached hydrogen (secondary N) is 1. The maximum Gasteiger partial charge on any atom is 0.225 e. The Bertz CT molecular complexity index is 485. The number of H-pyrrole nitrogens is 1. The quantitative estimate of drug-likeness (QED) is 0.864. The molecule has 1 N–H and O–H groups in total. The van der Waals surface area contributed by atoms with E-state index >= 15 is 0 Å². The van der Waals surface area contributed by atoms with Gasteiger partial charge in [-0.1, -0.05) is 0 Å². The average molecular weight is 228 g/mol. The van der Waals surface area contributed by atoms with Crippen LogP contribution in [-0.4, -0.2) is 18.4 Å². The number of hydrogen-bond donors (Lipinski definition) is 1. The van der Waals surface area contributed by atoms with Gasteiger partial charge in [0.2, 0.25) is 15.0 Å². The molecule has 2 aromatic heterocycles. The first kappa shape index (κ1) is 9.42. The molecule has 2 rings (SSSR count). The molecule has 0 aliphatic rings. The van der Waals surface area contributed by atoms with Gasteiger partial charge in [-0.15, -0.1) is 0 Å². The molecule has 0 saturated carbocycles. The van der Waals surface area contributed by atoms with E-state index in [1.165, 1.54) is 23.7 Å². The van der Waals surface area contributed by atoms with Gasteiger partial charge in [-0.3, -0.25) is 0 Å². The number of thiophene rings is 1. The lowest BCUT2D eigenvalue weighted by molar-refractivity contribution is 0.588. The summed E-state index contributed by atoms with van der Waals surface area (Å²) in [5, 5.41) is 3.71. The lowest BCUT2D eigenvalue weighted by Crippen LogP contribution is -2.06. The van der Waals surface area contributed by atoms with E-state index in [2.05, 4.69) is 9.97 Å². The fourth-order valence-electron chi connectivity index (χ4n) is 1.08. The minimum Gasteiger partial charge on any atom is -0.336 e. The van der Waals surface area contributed by atoms with Gasteiger partial charge < -0.3 is 4.98 Å². The molecule has 0 aliphatic carbocycles. The van der Waals surface area contributed by atoms with Crippen molar-refractivity contribution in [3.8, 4) is 0 Å². The predicted octanol–water partition coefficient (Wildman–Crippen LogP) is 1.45. The lowest BCUT2D eigenvalue weighted by Gasteiger charge is -1.97. The maximum absolute atomic E-state index is 11.7. The zero-order valence-electron chi connectivity index (χ0n) is 7.17. The highest BCUT2D eigenvalue weighted by atomic mass is 32.2. The van der Waals surface area contributed by atoms with E-state index in [4.69, 9.17) is 0 Å². The summed E-state index contributed by atoms with van der Waals surface area (Å²) in [5.74, 6) is 0.00398. The van der Waals surface area contributed by atoms with Gasteiger partial charge in [0, 0.05) is 12.4 Å². The Morgan fingerprint density at radius 3 is 2.93 bits per heavy atom. The molecule has 0 fully saturated rings. The first-order valence-corrected chi connectivity index (χ1v) is 6.51. The molecule has 0 atom stereocenters. The van der Waals surface area contributed by atoms with Crippen LogP contribution in [0.3, 0.4) is 0 Å². The minimum absolute atomic E-state index is 0.00398. The summed E-state index contributed by atoms with van der Waals surface area (Å²) in [4.78, 5) is 6.32. The Balaban J connectivity index is 2.27. The standard InChI is InChI=1S/C8H8N2O2S2/c11-14(12,8-9-2-3-10-8)6-7-1-4-13-5-7/h1-5H,6H2,(H,9,10). The van der Waals surface area contributed by atoms with Gasteiger partial charge in [-0.05, 0) is 22.4 Å². The number of aromatic nitrogens is 2. The zero-order chi connectivity index (χ0) is 10.0. The van der Waals surface area contributed by atoms with E-state index < -0.39 is 9.84 Å². The predicted molar refractivity (Wildman–Crippen MR) is 53.8 cm³/mol. The Hall–Kier alpha value is -1.14. The van der Waals surface area contributed by atoms with Crippen molar-refractivity contribution in [1.29, 1.82) is 0 Å². The van der Waals surface area contributed by atoms with E-state index in [1.54, 1.807) is 6.07 Å². The molecular weight excluding hydrogens is 220 g/mol. The second-order valence-electron chi connectivity index (χ2n) is 2.79. The normalized spacial score (nSPS) is 11.7. The molecule has 74 valence electrons. The summed E-state index contributed by atoms with van der Waals surface area (Å²) in [6.45, 7) is 0. The minimum atomic E-state index is -3.30. The van der Waals surface area contributed by atoms with Gasteiger partial charge in [0.1, 0.15) is 0 Å². The van der Waals surface area contributed by atoms with Gasteiger partial charge >= 0.3 is 0 Å². The van der Waals surface area contributed by atoms with Crippen molar-refractivity contribution in [3.05, 3.63) is 34.8 Å². The summed E-state index contributed by atoms with van der Waals surface area (Å²) in [5.41, 5.74) is 0.798. The van der Waals surface area contributed by atoms with Crippen LogP contribution in [0.25, 0.3) is 0 Å². The van der Waals surface area contributed by atoms with Gasteiger partial charge in [0.05, 0.1) is 5.75 Å². The third-order valence-electron chi connectivity index (χ3n) is 1.70. The molecular formula is C8H8N2O2S2. The molecule has 0 unspecified atom stereocenters. The van der Waals surface area contributed by atoms with Crippen molar-refractivity contribution in [1.82, 2.24) is 9.97 Å². The highest BCUT2D eigenvalue weighted by Gasteiger charge is 2.17. The molecule has 0 radical (unpaired) electrons. The lowest BCUT2D eigenvalue weighted by atomic mass is 10.4. The van der Waals surface area contributed by atoms with Crippen molar-refractivity contribution < 1.29 is 8.42 Å². The van der Waals surface area contributed by atoms with Crippen molar-refractivity contribution >= 4 is 21.2 Å². The Labute approximate surface area is 85.5 Å². The van der Waals surface area contributed by atoms with Crippen LogP contribution in [0.1, 0.15) is 5.56 Å². The smallest absolute Gasteiger partial charge is 0.225 e. The molecule has 14 heavy (non-hydrogen) atoms. The Morgan fingerprint density at radius 2 is 2.36 bits per heavy atom. The second kappa shape index (κ2) is 3.55. The van der Waals surface area contributed by atoms with Crippen LogP contribution in [0.5, 0.6) is 0 Å². The van der Waals surface area contributed by atoms with Crippen LogP contribution in [0.2, 0.25) is 0 Å². The second-order valence-corrected chi connectivity index (χ2v) is 5.47. The van der Waals surface area contributed by atoms with E-state index in [-0.39, 0.29) is 10.9 Å². The van der Waals surface area contributed by atoms with Gasteiger partial charge in [0.15, 0.2) is 0 Å². The van der Waals surface area contributed by atoms with Crippen molar-refractivity contribution in [2.24, 2.45) is 0 Å². The third-order valence-corrected chi connectivity index (χ3v) is 3.96. The SMILES string of the molecule is O=S(=O)(Cc1ccsc1)c1ncc[nH]1. The largest absolute Gasteiger partial charge is 0.336 e. The van der Waals surface area contributed by atoms with Crippen LogP contribution >= 0.6 is 11.3 Å². The number of hydrogen-bond acceptors (Lipinski definition) is 4. The molecule has 0 amide bonds. The van der Waals surface area contributed by atoms with Crippen molar-refractivity contribution in [2.75, 3.05) is 0 Å². The van der Waals surface area contributed by atoms with Crippen LogP contribution < -0.4 is 0 Å². The number of sulfone groups is 1. The van der Waals surface area contributed by atoms with Crippen molar-refractivity contribution in [3.63, 3.8) is 0 Å². The van der Waals surface area contributed by atoms with E-state index in [0.29, 0.717) is 0 Å². The maximum atomic E-state index is 11.7. The molecule has 4 nitrogen and oxygen atoms in total. The number of rotatable bonds is 3. The summed E-state index contributed by atoms with van der Waals surface area (Å²) in [7, 11) is -3.30. The van der Waals surface area contributed by atoms with Crippen molar-refractivity contribution in [2.45, 2.75) is 10.9 Å². The molecule has 0 aromatic carbocycles. The fraction of sp³-hybridized carbons (Fsp3) is 0.125. The summed E-state index contributed by atoms with van der Waals surface area (Å²) < 4.78 is 23.3. The van der Waals surface area contributed by atoms with Crippen LogP contribution in [-0.2, 0) is 15.6 Å². The molecule has 0 aliphatic heterocycles. The molecule has 2 aromatic rings. The van der Waals surface area contributed by atoms with E-state index in [0.717, 1.165) is 5.56 Å². The summed E-state index contributed by atoms with van der Waals surface area (Å²) in [6, 6.07) is 1.80. The fourth-order valence-corrected chi connectivity index (χ4v) is 3.08. The Morgan fingerprint density at radius 1 is 1.50 bits per heavy atom. The first-order chi connectivity index (χ1) is 6.68. The molecule has 2 heterocycles. The average Bonchev–Trinajstić information content (AvgIpc) is 2.71. The zero-order valence-corrected chi connectivity index (χ0v) is 8.81. The third kappa shape index (κ3) is 1.85. The van der Waals surface area contributed by atoms with Gasteiger partial charge in [0.25, 0.3) is 0 Å².